The zero-order valence-corrected chi connectivity index (χ0v) is 18.8. The number of carbonyl (C=O) groups excluding carboxylic acids is 2. The Bertz CT molecular complexity index is 400. The first-order chi connectivity index (χ1) is 9.80. The highest BCUT2D eigenvalue weighted by atomic mass is 128. The monoisotopic (exact) mass is 540 g/mol. The summed E-state index contributed by atoms with van der Waals surface area (Å²) in [5.74, 6) is 0.340. The zero-order valence-electron chi connectivity index (χ0n) is 14.5. The van der Waals surface area contributed by atoms with E-state index in [1.54, 1.807) is 0 Å². The van der Waals surface area contributed by atoms with Gasteiger partial charge in [0.25, 0.3) is 0 Å². The Morgan fingerprint density at radius 2 is 1.18 bits per heavy atom. The summed E-state index contributed by atoms with van der Waals surface area (Å²) in [5.41, 5.74) is -1.27. The largest absolute Gasteiger partial charge is 0.509 e. The molecule has 7 heteroatoms. The van der Waals surface area contributed by atoms with E-state index in [0.717, 1.165) is 0 Å². The molecule has 2 aliphatic heterocycles. The molecule has 0 aromatic rings. The Labute approximate surface area is 156 Å². The summed E-state index contributed by atoms with van der Waals surface area (Å²) in [5, 5.41) is 0. The van der Waals surface area contributed by atoms with Gasteiger partial charge in [-0.1, -0.05) is 13.8 Å². The molecule has 22 heavy (non-hydrogen) atoms. The first-order valence-corrected chi connectivity index (χ1v) is 13.4. The Balaban J connectivity index is 0.000000360. The van der Waals surface area contributed by atoms with E-state index in [0.29, 0.717) is 5.92 Å². The van der Waals surface area contributed by atoms with Crippen molar-refractivity contribution in [3.63, 3.8) is 0 Å². The summed E-state index contributed by atoms with van der Waals surface area (Å²) in [7, 11) is 0. The van der Waals surface area contributed by atoms with Gasteiger partial charge in [0, 0.05) is 43.1 Å². The second kappa shape index (κ2) is 7.85. The molecule has 0 saturated carbocycles. The van der Waals surface area contributed by atoms with Crippen LogP contribution in [0.1, 0.15) is 55.4 Å². The first kappa shape index (κ1) is 22.2. The van der Waals surface area contributed by atoms with Crippen molar-refractivity contribution >= 4 is 49.4 Å². The number of esters is 1. The van der Waals surface area contributed by atoms with Crippen LogP contribution in [0.25, 0.3) is 0 Å². The molecule has 5 nitrogen and oxygen atoms in total. The van der Waals surface area contributed by atoms with Crippen LogP contribution in [0.2, 0.25) is 0 Å². The van der Waals surface area contributed by atoms with E-state index in [9.17, 15) is 9.59 Å². The fourth-order valence-electron chi connectivity index (χ4n) is 1.93. The van der Waals surface area contributed by atoms with Crippen LogP contribution in [-0.2, 0) is 19.0 Å². The molecule has 0 aliphatic carbocycles. The quantitative estimate of drug-likeness (QED) is 0.317. The van der Waals surface area contributed by atoms with Gasteiger partial charge in [-0.3, -0.25) is 4.79 Å². The summed E-state index contributed by atoms with van der Waals surface area (Å²) in [6.45, 7) is 15.2. The van der Waals surface area contributed by atoms with Crippen molar-refractivity contribution in [2.75, 3.05) is 0 Å². The van der Waals surface area contributed by atoms with E-state index >= 15 is 0 Å². The van der Waals surface area contributed by atoms with E-state index in [2.05, 4.69) is 44.2 Å². The third-order valence-electron chi connectivity index (χ3n) is 4.71. The van der Waals surface area contributed by atoms with Gasteiger partial charge in [-0.2, -0.15) is 0 Å². The molecule has 2 atom stereocenters. The van der Waals surface area contributed by atoms with Crippen molar-refractivity contribution in [1.29, 1.82) is 0 Å². The van der Waals surface area contributed by atoms with Crippen LogP contribution in [0, 0.1) is 11.8 Å². The van der Waals surface area contributed by atoms with Gasteiger partial charge in [0.15, 0.2) is 0 Å². The van der Waals surface area contributed by atoms with Gasteiger partial charge in [-0.15, -0.1) is 0 Å². The molecule has 2 heterocycles. The predicted molar refractivity (Wildman–Crippen MR) is 102 cm³/mol. The van der Waals surface area contributed by atoms with Gasteiger partial charge in [-0.05, 0) is 41.5 Å². The topological polar surface area (TPSA) is 61.8 Å². The summed E-state index contributed by atoms with van der Waals surface area (Å²) in [6.07, 6.45) is -0.574. The fraction of sp³-hybridized carbons (Fsp3) is 0.867. The summed E-state index contributed by atoms with van der Waals surface area (Å²) >= 11 is 4.24. The van der Waals surface area contributed by atoms with E-state index in [1.807, 2.05) is 48.5 Å². The maximum absolute atomic E-state index is 11.0. The van der Waals surface area contributed by atoms with Gasteiger partial charge in [0.2, 0.25) is 0 Å². The van der Waals surface area contributed by atoms with E-state index in [4.69, 9.17) is 14.2 Å². The van der Waals surface area contributed by atoms with Crippen LogP contribution in [0.15, 0.2) is 0 Å². The second-order valence-electron chi connectivity index (χ2n) is 7.08. The Hall–Kier alpha value is 0.200. The maximum atomic E-state index is 11.0. The average molecular weight is 540 g/mol. The highest BCUT2D eigenvalue weighted by Gasteiger charge is 2.50. The first-order valence-electron chi connectivity index (χ1n) is 7.09. The number of cyclic esters (lactones) is 3. The van der Waals surface area contributed by atoms with Gasteiger partial charge in [0.05, 0.1) is 5.92 Å². The summed E-state index contributed by atoms with van der Waals surface area (Å²) in [6, 6.07) is 0. The molecule has 2 aliphatic rings. The van der Waals surface area contributed by atoms with E-state index < -0.39 is 17.4 Å². The highest BCUT2D eigenvalue weighted by Crippen LogP contribution is 2.36. The minimum Gasteiger partial charge on any atom is -0.459 e. The summed E-state index contributed by atoms with van der Waals surface area (Å²) < 4.78 is 14.9. The van der Waals surface area contributed by atoms with Gasteiger partial charge < -0.3 is 14.2 Å². The summed E-state index contributed by atoms with van der Waals surface area (Å²) in [4.78, 5) is 21.6. The lowest BCUT2D eigenvalue weighted by Crippen LogP contribution is -2.41. The minimum atomic E-state index is -0.574. The van der Waals surface area contributed by atoms with Gasteiger partial charge >= 0.3 is 12.1 Å². The molecule has 0 radical (unpaired) electrons. The Morgan fingerprint density at radius 1 is 0.818 bits per heavy atom. The van der Waals surface area contributed by atoms with Crippen LogP contribution in [0.4, 0.5) is 4.79 Å². The number of ether oxygens (including phenoxy) is 3. The lowest BCUT2D eigenvalue weighted by atomic mass is 9.86. The average Bonchev–Trinajstić information content (AvgIpc) is 2.66. The van der Waals surface area contributed by atoms with Gasteiger partial charge in [-0.25, -0.2) is 4.79 Å². The highest BCUT2D eigenvalue weighted by molar-refractivity contribution is 15.0. The van der Waals surface area contributed by atoms with Crippen LogP contribution < -0.4 is 0 Å². The lowest BCUT2D eigenvalue weighted by molar-refractivity contribution is -0.148. The number of hydrogen-bond acceptors (Lipinski definition) is 5. The number of halogens is 2. The van der Waals surface area contributed by atoms with E-state index in [-0.39, 0.29) is 17.5 Å². The molecule has 0 aromatic heterocycles. The normalized spacial score (nSPS) is 29.9. The van der Waals surface area contributed by atoms with Gasteiger partial charge in [0.1, 0.15) is 16.8 Å². The smallest absolute Gasteiger partial charge is 0.459 e. The van der Waals surface area contributed by atoms with E-state index in [1.165, 1.54) is 0 Å². The molecule has 2 fully saturated rings. The maximum Gasteiger partial charge on any atom is 0.509 e. The SMILES string of the molecule is CC1(C)OC(=O)OC1(C)C.CC1C(=O)OC(C)(C)C1C.II. The molecule has 2 rings (SSSR count). The Morgan fingerprint density at radius 3 is 1.27 bits per heavy atom. The standard InChI is InChI=1S/C8H14O2.C7H12O3.I2/c1-5-6(2)8(3,4)10-7(5)9;1-6(2)7(3,4)10-5(8)9-6;1-2/h5-6H,1-4H3;1-4H3;. The van der Waals surface area contributed by atoms with Crippen molar-refractivity contribution in [2.45, 2.75) is 72.2 Å². The number of rotatable bonds is 0. The molecular weight excluding hydrogens is 514 g/mol. The van der Waals surface area contributed by atoms with Crippen molar-refractivity contribution in [3.05, 3.63) is 0 Å². The second-order valence-corrected chi connectivity index (χ2v) is 7.08. The molecule has 0 aromatic carbocycles. The molecular formula is C15H26I2O5. The van der Waals surface area contributed by atoms with Crippen molar-refractivity contribution < 1.29 is 23.8 Å². The van der Waals surface area contributed by atoms with Crippen LogP contribution in [0.3, 0.4) is 0 Å². The number of hydrogen-bond donors (Lipinski definition) is 0. The van der Waals surface area contributed by atoms with Crippen LogP contribution in [0.5, 0.6) is 0 Å². The fourth-order valence-corrected chi connectivity index (χ4v) is 1.93. The van der Waals surface area contributed by atoms with Crippen molar-refractivity contribution in [2.24, 2.45) is 11.8 Å². The molecule has 130 valence electrons. The lowest BCUT2D eigenvalue weighted by Gasteiger charge is -2.28. The predicted octanol–water partition coefficient (Wildman–Crippen LogP) is 5.08. The molecule has 0 bridgehead atoms. The zero-order chi connectivity index (χ0) is 17.9. The molecule has 0 spiro atoms. The van der Waals surface area contributed by atoms with Crippen molar-refractivity contribution in [3.8, 4) is 0 Å². The third-order valence-corrected chi connectivity index (χ3v) is 4.71. The minimum absolute atomic E-state index is 0.0579. The number of carbonyl (C=O) groups is 2. The van der Waals surface area contributed by atoms with Crippen molar-refractivity contribution in [1.82, 2.24) is 0 Å². The van der Waals surface area contributed by atoms with Crippen LogP contribution in [-0.4, -0.2) is 28.9 Å². The van der Waals surface area contributed by atoms with Crippen LogP contribution >= 0.6 is 37.2 Å². The molecule has 0 N–H and O–H groups in total. The molecule has 2 unspecified atom stereocenters. The molecule has 0 amide bonds. The third kappa shape index (κ3) is 5.10. The Kier molecular flexibility index (Phi) is 7.92. The molecule has 2 saturated heterocycles.